The predicted molar refractivity (Wildman–Crippen MR) is 96.6 cm³/mol. The average Bonchev–Trinajstić information content (AvgIpc) is 3.07. The molecular formula is C18H23N3O3S. The van der Waals surface area contributed by atoms with E-state index in [-0.39, 0.29) is 30.0 Å². The summed E-state index contributed by atoms with van der Waals surface area (Å²) >= 11 is 1.31. The molecule has 1 atom stereocenters. The van der Waals surface area contributed by atoms with Crippen LogP contribution in [-0.2, 0) is 11.2 Å². The summed E-state index contributed by atoms with van der Waals surface area (Å²) in [5.74, 6) is 0.421. The van der Waals surface area contributed by atoms with E-state index >= 15 is 0 Å². The molecule has 2 aromatic rings. The normalized spacial score (nSPS) is 15.2. The molecule has 7 heteroatoms. The van der Waals surface area contributed by atoms with Crippen molar-refractivity contribution in [1.29, 1.82) is 0 Å². The molecule has 0 aliphatic heterocycles. The quantitative estimate of drug-likeness (QED) is 0.818. The Kier molecular flexibility index (Phi) is 5.22. The van der Waals surface area contributed by atoms with Crippen LogP contribution in [0.25, 0.3) is 0 Å². The van der Waals surface area contributed by atoms with E-state index in [2.05, 4.69) is 31.1 Å². The van der Waals surface area contributed by atoms with Gasteiger partial charge in [-0.15, -0.1) is 11.3 Å². The first-order valence-corrected chi connectivity index (χ1v) is 9.44. The van der Waals surface area contributed by atoms with E-state index in [1.807, 2.05) is 10.3 Å². The van der Waals surface area contributed by atoms with Crippen LogP contribution in [0.5, 0.6) is 0 Å². The zero-order valence-corrected chi connectivity index (χ0v) is 15.5. The van der Waals surface area contributed by atoms with E-state index in [1.165, 1.54) is 17.6 Å². The fourth-order valence-electron chi connectivity index (χ4n) is 2.70. The van der Waals surface area contributed by atoms with Crippen LogP contribution in [0.4, 0.5) is 5.13 Å². The molecule has 1 fully saturated rings. The van der Waals surface area contributed by atoms with Crippen LogP contribution in [0.1, 0.15) is 49.9 Å². The number of rotatable bonds is 7. The van der Waals surface area contributed by atoms with Crippen LogP contribution in [-0.4, -0.2) is 33.8 Å². The van der Waals surface area contributed by atoms with Crippen molar-refractivity contribution in [3.05, 3.63) is 35.2 Å². The van der Waals surface area contributed by atoms with E-state index in [0.717, 1.165) is 12.8 Å². The fraction of sp³-hybridized carbons (Fsp3) is 0.500. The third-order valence-electron chi connectivity index (χ3n) is 4.48. The van der Waals surface area contributed by atoms with Crippen LogP contribution in [0.15, 0.2) is 28.2 Å². The Labute approximate surface area is 151 Å². The number of nitrogens with zero attached hydrogens (tertiary/aromatic N) is 2. The van der Waals surface area contributed by atoms with E-state index in [0.29, 0.717) is 22.8 Å². The zero-order valence-electron chi connectivity index (χ0n) is 14.7. The topological polar surface area (TPSA) is 75.4 Å². The molecule has 0 bridgehead atoms. The minimum Gasteiger partial charge on any atom is -0.459 e. The van der Waals surface area contributed by atoms with Gasteiger partial charge in [0.2, 0.25) is 5.91 Å². The van der Waals surface area contributed by atoms with Crippen molar-refractivity contribution in [3.63, 3.8) is 0 Å². The number of carbonyl (C=O) groups excluding carboxylic acids is 2. The second-order valence-corrected chi connectivity index (χ2v) is 7.63. The Morgan fingerprint density at radius 3 is 2.76 bits per heavy atom. The number of anilines is 1. The SMILES string of the molecule is CC(C)C(C)N(C(=O)Cc1csc(NC(=O)c2ccco2)n1)C1CC1. The summed E-state index contributed by atoms with van der Waals surface area (Å²) in [6.07, 6.45) is 3.89. The van der Waals surface area contributed by atoms with E-state index in [9.17, 15) is 9.59 Å². The van der Waals surface area contributed by atoms with E-state index in [4.69, 9.17) is 4.42 Å². The van der Waals surface area contributed by atoms with Gasteiger partial charge in [0, 0.05) is 17.5 Å². The molecule has 0 aromatic carbocycles. The van der Waals surface area contributed by atoms with Crippen LogP contribution < -0.4 is 5.32 Å². The lowest BCUT2D eigenvalue weighted by Crippen LogP contribution is -2.43. The van der Waals surface area contributed by atoms with Crippen LogP contribution >= 0.6 is 11.3 Å². The molecule has 3 rings (SSSR count). The number of aromatic nitrogens is 1. The summed E-state index contributed by atoms with van der Waals surface area (Å²) in [5, 5.41) is 4.98. The van der Waals surface area contributed by atoms with Gasteiger partial charge in [0.15, 0.2) is 10.9 Å². The molecule has 2 amide bonds. The predicted octanol–water partition coefficient (Wildman–Crippen LogP) is 3.57. The largest absolute Gasteiger partial charge is 0.459 e. The molecule has 1 aliphatic rings. The molecule has 0 spiro atoms. The van der Waals surface area contributed by atoms with Crippen molar-refractivity contribution in [2.24, 2.45) is 5.92 Å². The standard InChI is InChI=1S/C18H23N3O3S/c1-11(2)12(3)21(14-6-7-14)16(22)9-13-10-25-18(19-13)20-17(23)15-5-4-8-24-15/h4-5,8,10-12,14H,6-7,9H2,1-3H3,(H,19,20,23). The van der Waals surface area contributed by atoms with E-state index in [1.54, 1.807) is 12.1 Å². The lowest BCUT2D eigenvalue weighted by molar-refractivity contribution is -0.134. The van der Waals surface area contributed by atoms with Crippen LogP contribution in [0, 0.1) is 5.92 Å². The number of furan rings is 1. The van der Waals surface area contributed by atoms with E-state index < -0.39 is 0 Å². The van der Waals surface area contributed by atoms with Crippen molar-refractivity contribution >= 4 is 28.3 Å². The Balaban J connectivity index is 1.62. The second-order valence-electron chi connectivity index (χ2n) is 6.77. The maximum Gasteiger partial charge on any atom is 0.293 e. The summed E-state index contributed by atoms with van der Waals surface area (Å²) < 4.78 is 5.06. The van der Waals surface area contributed by atoms with Gasteiger partial charge in [-0.05, 0) is 37.8 Å². The van der Waals surface area contributed by atoms with Gasteiger partial charge in [0.05, 0.1) is 18.4 Å². The highest BCUT2D eigenvalue weighted by Gasteiger charge is 2.36. The zero-order chi connectivity index (χ0) is 18.0. The van der Waals surface area contributed by atoms with Crippen molar-refractivity contribution in [2.75, 3.05) is 5.32 Å². The van der Waals surface area contributed by atoms with Crippen LogP contribution in [0.3, 0.4) is 0 Å². The van der Waals surface area contributed by atoms with Gasteiger partial charge in [-0.3, -0.25) is 14.9 Å². The molecule has 6 nitrogen and oxygen atoms in total. The molecule has 1 unspecified atom stereocenters. The van der Waals surface area contributed by atoms with Gasteiger partial charge >= 0.3 is 0 Å². The Morgan fingerprint density at radius 2 is 2.16 bits per heavy atom. The highest BCUT2D eigenvalue weighted by molar-refractivity contribution is 7.14. The van der Waals surface area contributed by atoms with Gasteiger partial charge in [-0.25, -0.2) is 4.98 Å². The number of thiazole rings is 1. The number of amides is 2. The molecule has 2 heterocycles. The minimum absolute atomic E-state index is 0.109. The van der Waals surface area contributed by atoms with Crippen molar-refractivity contribution in [3.8, 4) is 0 Å². The molecule has 2 aromatic heterocycles. The second kappa shape index (κ2) is 7.39. The van der Waals surface area contributed by atoms with Gasteiger partial charge in [0.25, 0.3) is 5.91 Å². The minimum atomic E-state index is -0.342. The summed E-state index contributed by atoms with van der Waals surface area (Å²) in [6.45, 7) is 6.38. The third-order valence-corrected chi connectivity index (χ3v) is 5.29. The third kappa shape index (κ3) is 4.28. The monoisotopic (exact) mass is 361 g/mol. The molecule has 0 saturated heterocycles. The maximum absolute atomic E-state index is 12.7. The molecule has 134 valence electrons. The Morgan fingerprint density at radius 1 is 1.40 bits per heavy atom. The first-order chi connectivity index (χ1) is 12.0. The number of hydrogen-bond acceptors (Lipinski definition) is 5. The molecule has 25 heavy (non-hydrogen) atoms. The van der Waals surface area contributed by atoms with Gasteiger partial charge in [-0.1, -0.05) is 13.8 Å². The molecule has 1 saturated carbocycles. The summed E-state index contributed by atoms with van der Waals surface area (Å²) in [7, 11) is 0. The smallest absolute Gasteiger partial charge is 0.293 e. The average molecular weight is 361 g/mol. The number of hydrogen-bond donors (Lipinski definition) is 1. The maximum atomic E-state index is 12.7. The lowest BCUT2D eigenvalue weighted by Gasteiger charge is -2.32. The lowest BCUT2D eigenvalue weighted by atomic mass is 10.0. The summed E-state index contributed by atoms with van der Waals surface area (Å²) in [5.41, 5.74) is 0.686. The van der Waals surface area contributed by atoms with Crippen molar-refractivity contribution < 1.29 is 14.0 Å². The van der Waals surface area contributed by atoms with Crippen molar-refractivity contribution in [2.45, 2.75) is 52.1 Å². The van der Waals surface area contributed by atoms with Gasteiger partial charge in [0.1, 0.15) is 0 Å². The van der Waals surface area contributed by atoms with Gasteiger partial charge in [-0.2, -0.15) is 0 Å². The molecule has 1 aliphatic carbocycles. The number of carbonyl (C=O) groups is 2. The summed E-state index contributed by atoms with van der Waals surface area (Å²) in [6, 6.07) is 3.84. The first kappa shape index (κ1) is 17.7. The first-order valence-electron chi connectivity index (χ1n) is 8.56. The Bertz CT molecular complexity index is 735. The summed E-state index contributed by atoms with van der Waals surface area (Å²) in [4.78, 5) is 31.1. The Hall–Kier alpha value is -2.15. The highest BCUT2D eigenvalue weighted by Crippen LogP contribution is 2.31. The van der Waals surface area contributed by atoms with Gasteiger partial charge < -0.3 is 9.32 Å². The van der Waals surface area contributed by atoms with Crippen molar-refractivity contribution in [1.82, 2.24) is 9.88 Å². The highest BCUT2D eigenvalue weighted by atomic mass is 32.1. The van der Waals surface area contributed by atoms with Crippen LogP contribution in [0.2, 0.25) is 0 Å². The molecular weight excluding hydrogens is 338 g/mol. The fourth-order valence-corrected chi connectivity index (χ4v) is 3.40. The number of nitrogens with one attached hydrogen (secondary N) is 1. The molecule has 0 radical (unpaired) electrons. The molecule has 1 N–H and O–H groups in total.